The SMILES string of the molecule is Nc1ccc(C(=O)N2CCC(OC3CCCC3)CC2)cc1[N+](=O)[O-]. The van der Waals surface area contributed by atoms with Gasteiger partial charge in [0, 0.05) is 24.7 Å². The van der Waals surface area contributed by atoms with Gasteiger partial charge >= 0.3 is 0 Å². The van der Waals surface area contributed by atoms with Gasteiger partial charge in [0.1, 0.15) is 5.69 Å². The molecule has 1 saturated carbocycles. The Morgan fingerprint density at radius 1 is 1.17 bits per heavy atom. The molecule has 1 aliphatic carbocycles. The quantitative estimate of drug-likeness (QED) is 0.519. The van der Waals surface area contributed by atoms with Crippen LogP contribution in [-0.2, 0) is 4.74 Å². The lowest BCUT2D eigenvalue weighted by molar-refractivity contribution is -0.383. The number of anilines is 1. The largest absolute Gasteiger partial charge is 0.393 e. The predicted octanol–water partition coefficient (Wildman–Crippen LogP) is 2.74. The van der Waals surface area contributed by atoms with Gasteiger partial charge < -0.3 is 15.4 Å². The lowest BCUT2D eigenvalue weighted by Crippen LogP contribution is -2.41. The van der Waals surface area contributed by atoms with E-state index in [0.717, 1.165) is 25.7 Å². The fourth-order valence-electron chi connectivity index (χ4n) is 3.51. The molecular weight excluding hydrogens is 310 g/mol. The first-order valence-electron chi connectivity index (χ1n) is 8.53. The number of hydrogen-bond acceptors (Lipinski definition) is 5. The molecule has 0 aromatic heterocycles. The van der Waals surface area contributed by atoms with E-state index >= 15 is 0 Å². The molecule has 3 rings (SSSR count). The number of piperidine rings is 1. The number of nitro groups is 1. The molecule has 0 atom stereocenters. The summed E-state index contributed by atoms with van der Waals surface area (Å²) in [5.74, 6) is -0.183. The van der Waals surface area contributed by atoms with Gasteiger partial charge in [0.15, 0.2) is 0 Å². The zero-order valence-corrected chi connectivity index (χ0v) is 13.6. The van der Waals surface area contributed by atoms with E-state index in [1.54, 1.807) is 11.0 Å². The Kier molecular flexibility index (Phi) is 4.99. The molecule has 2 aliphatic rings. The minimum atomic E-state index is -0.562. The van der Waals surface area contributed by atoms with Crippen molar-refractivity contribution in [2.75, 3.05) is 18.8 Å². The Hall–Kier alpha value is -2.15. The first-order valence-corrected chi connectivity index (χ1v) is 8.53. The van der Waals surface area contributed by atoms with Crippen molar-refractivity contribution in [2.45, 2.75) is 50.7 Å². The normalized spacial score (nSPS) is 19.6. The number of likely N-dealkylation sites (tertiary alicyclic amines) is 1. The summed E-state index contributed by atoms with van der Waals surface area (Å²) in [7, 11) is 0. The zero-order valence-electron chi connectivity index (χ0n) is 13.6. The van der Waals surface area contributed by atoms with E-state index in [-0.39, 0.29) is 23.4 Å². The van der Waals surface area contributed by atoms with Gasteiger partial charge in [-0.05, 0) is 37.8 Å². The van der Waals surface area contributed by atoms with Gasteiger partial charge in [0.05, 0.1) is 17.1 Å². The van der Waals surface area contributed by atoms with Crippen LogP contribution in [0.1, 0.15) is 48.9 Å². The van der Waals surface area contributed by atoms with Crippen molar-refractivity contribution in [1.29, 1.82) is 0 Å². The molecule has 1 aromatic carbocycles. The van der Waals surface area contributed by atoms with Gasteiger partial charge in [-0.2, -0.15) is 0 Å². The number of nitro benzene ring substituents is 1. The summed E-state index contributed by atoms with van der Waals surface area (Å²) >= 11 is 0. The molecule has 7 nitrogen and oxygen atoms in total. The molecule has 1 aliphatic heterocycles. The van der Waals surface area contributed by atoms with E-state index in [0.29, 0.717) is 24.8 Å². The van der Waals surface area contributed by atoms with Gasteiger partial charge in [-0.1, -0.05) is 12.8 Å². The Morgan fingerprint density at radius 3 is 2.42 bits per heavy atom. The van der Waals surface area contributed by atoms with E-state index in [1.165, 1.54) is 25.0 Å². The summed E-state index contributed by atoms with van der Waals surface area (Å²) in [6.07, 6.45) is 7.03. The van der Waals surface area contributed by atoms with E-state index in [4.69, 9.17) is 10.5 Å². The van der Waals surface area contributed by atoms with Crippen LogP contribution in [0.5, 0.6) is 0 Å². The Bertz CT molecular complexity index is 620. The number of carbonyl (C=O) groups excluding carboxylic acids is 1. The summed E-state index contributed by atoms with van der Waals surface area (Å²) in [5.41, 5.74) is 5.74. The summed E-state index contributed by atoms with van der Waals surface area (Å²) in [6, 6.07) is 4.23. The molecule has 1 amide bonds. The topological polar surface area (TPSA) is 98.7 Å². The second kappa shape index (κ2) is 7.17. The number of nitrogens with zero attached hydrogens (tertiary/aromatic N) is 2. The first-order chi connectivity index (χ1) is 11.5. The molecule has 24 heavy (non-hydrogen) atoms. The molecule has 2 fully saturated rings. The molecule has 1 heterocycles. The summed E-state index contributed by atoms with van der Waals surface area (Å²) < 4.78 is 6.11. The number of amides is 1. The maximum atomic E-state index is 12.6. The third kappa shape index (κ3) is 3.67. The number of benzene rings is 1. The second-order valence-electron chi connectivity index (χ2n) is 6.56. The zero-order chi connectivity index (χ0) is 17.1. The molecular formula is C17H23N3O4. The number of hydrogen-bond donors (Lipinski definition) is 1. The number of rotatable bonds is 4. The fourth-order valence-corrected chi connectivity index (χ4v) is 3.51. The minimum absolute atomic E-state index is 0.0696. The van der Waals surface area contributed by atoms with Crippen molar-refractivity contribution < 1.29 is 14.5 Å². The highest BCUT2D eigenvalue weighted by Gasteiger charge is 2.28. The molecule has 2 N–H and O–H groups in total. The van der Waals surface area contributed by atoms with Crippen molar-refractivity contribution in [3.05, 3.63) is 33.9 Å². The van der Waals surface area contributed by atoms with Crippen molar-refractivity contribution in [3.63, 3.8) is 0 Å². The van der Waals surface area contributed by atoms with Gasteiger partial charge in [-0.3, -0.25) is 14.9 Å². The monoisotopic (exact) mass is 333 g/mol. The van der Waals surface area contributed by atoms with Gasteiger partial charge in [0.25, 0.3) is 11.6 Å². The predicted molar refractivity (Wildman–Crippen MR) is 89.8 cm³/mol. The van der Waals surface area contributed by atoms with Crippen molar-refractivity contribution in [2.24, 2.45) is 0 Å². The molecule has 0 bridgehead atoms. The smallest absolute Gasteiger partial charge is 0.292 e. The molecule has 0 radical (unpaired) electrons. The van der Waals surface area contributed by atoms with Gasteiger partial charge in [-0.15, -0.1) is 0 Å². The summed E-state index contributed by atoms with van der Waals surface area (Å²) in [4.78, 5) is 24.7. The average Bonchev–Trinajstić information content (AvgIpc) is 3.08. The lowest BCUT2D eigenvalue weighted by Gasteiger charge is -2.33. The van der Waals surface area contributed by atoms with E-state index < -0.39 is 4.92 Å². The van der Waals surface area contributed by atoms with Gasteiger partial charge in [-0.25, -0.2) is 0 Å². The molecule has 0 spiro atoms. The lowest BCUT2D eigenvalue weighted by atomic mass is 10.1. The first kappa shape index (κ1) is 16.7. The summed E-state index contributed by atoms with van der Waals surface area (Å²) in [6.45, 7) is 1.24. The van der Waals surface area contributed by atoms with Crippen molar-refractivity contribution >= 4 is 17.3 Å². The Morgan fingerprint density at radius 2 is 1.79 bits per heavy atom. The highest BCUT2D eigenvalue weighted by atomic mass is 16.6. The molecule has 0 unspecified atom stereocenters. The number of nitrogens with two attached hydrogens (primary N) is 1. The van der Waals surface area contributed by atoms with E-state index in [1.807, 2.05) is 0 Å². The van der Waals surface area contributed by atoms with Crippen molar-refractivity contribution in [1.82, 2.24) is 4.90 Å². The second-order valence-corrected chi connectivity index (χ2v) is 6.56. The molecule has 7 heteroatoms. The Labute approximate surface area is 140 Å². The highest BCUT2D eigenvalue weighted by molar-refractivity contribution is 5.95. The average molecular weight is 333 g/mol. The third-order valence-corrected chi connectivity index (χ3v) is 4.89. The van der Waals surface area contributed by atoms with E-state index in [9.17, 15) is 14.9 Å². The molecule has 1 saturated heterocycles. The number of ether oxygens (including phenoxy) is 1. The van der Waals surface area contributed by atoms with Crippen LogP contribution in [0.2, 0.25) is 0 Å². The minimum Gasteiger partial charge on any atom is -0.393 e. The standard InChI is InChI=1S/C17H23N3O4/c18-15-6-5-12(11-16(15)20(22)23)17(21)19-9-7-14(8-10-19)24-13-3-1-2-4-13/h5-6,11,13-14H,1-4,7-10,18H2. The fraction of sp³-hybridized carbons (Fsp3) is 0.588. The highest BCUT2D eigenvalue weighted by Crippen LogP contribution is 2.27. The van der Waals surface area contributed by atoms with Crippen molar-refractivity contribution in [3.8, 4) is 0 Å². The summed E-state index contributed by atoms with van der Waals surface area (Å²) in [5, 5.41) is 11.0. The third-order valence-electron chi connectivity index (χ3n) is 4.89. The van der Waals surface area contributed by atoms with Crippen LogP contribution in [-0.4, -0.2) is 41.0 Å². The van der Waals surface area contributed by atoms with Crippen LogP contribution in [0.15, 0.2) is 18.2 Å². The number of carbonyl (C=O) groups is 1. The number of nitrogen functional groups attached to an aromatic ring is 1. The van der Waals surface area contributed by atoms with Crippen LogP contribution in [0.3, 0.4) is 0 Å². The van der Waals surface area contributed by atoms with Crippen LogP contribution in [0, 0.1) is 10.1 Å². The Balaban J connectivity index is 1.58. The molecule has 1 aromatic rings. The van der Waals surface area contributed by atoms with Gasteiger partial charge in [0.2, 0.25) is 0 Å². The van der Waals surface area contributed by atoms with Crippen LogP contribution in [0.25, 0.3) is 0 Å². The van der Waals surface area contributed by atoms with E-state index in [2.05, 4.69) is 0 Å². The van der Waals surface area contributed by atoms with Crippen LogP contribution < -0.4 is 5.73 Å². The van der Waals surface area contributed by atoms with Crippen LogP contribution >= 0.6 is 0 Å². The molecule has 130 valence electrons. The van der Waals surface area contributed by atoms with Crippen LogP contribution in [0.4, 0.5) is 11.4 Å². The maximum absolute atomic E-state index is 12.6. The maximum Gasteiger partial charge on any atom is 0.292 e.